The summed E-state index contributed by atoms with van der Waals surface area (Å²) in [5.74, 6) is 2.48. The van der Waals surface area contributed by atoms with Crippen molar-refractivity contribution in [3.05, 3.63) is 59.7 Å². The average molecular weight is 426 g/mol. The third-order valence-corrected chi connectivity index (χ3v) is 6.09. The van der Waals surface area contributed by atoms with Crippen LogP contribution in [0.1, 0.15) is 22.7 Å². The number of nitrogens with one attached hydrogen (secondary N) is 2. The van der Waals surface area contributed by atoms with Crippen LogP contribution in [0.4, 0.5) is 12.0 Å². The zero-order valence-corrected chi connectivity index (χ0v) is 16.9. The predicted octanol–water partition coefficient (Wildman–Crippen LogP) is 1.98. The zero-order chi connectivity index (χ0) is 21.5. The number of hydrogen-bond acceptors (Lipinski definition) is 10. The van der Waals surface area contributed by atoms with E-state index in [4.69, 9.17) is 9.68 Å². The number of fused-ring (bicyclic) bond motifs is 1. The van der Waals surface area contributed by atoms with Crippen molar-refractivity contribution in [3.63, 3.8) is 0 Å². The van der Waals surface area contributed by atoms with Crippen LogP contribution >= 0.6 is 0 Å². The first-order valence-electron chi connectivity index (χ1n) is 10.3. The SMILES string of the molecule is N#Cc1ccc(CNc2ncc(-c3nnc(N4CC5C(C4)C5c4cn[nH]n4)o3)cn2)cc1. The molecule has 2 unspecified atom stereocenters. The molecule has 2 atom stereocenters. The van der Waals surface area contributed by atoms with Crippen molar-refractivity contribution in [2.24, 2.45) is 11.8 Å². The quantitative estimate of drug-likeness (QED) is 0.469. The van der Waals surface area contributed by atoms with Gasteiger partial charge in [0.05, 0.1) is 29.1 Å². The molecule has 2 aliphatic rings. The van der Waals surface area contributed by atoms with E-state index in [2.05, 4.69) is 51.9 Å². The molecule has 32 heavy (non-hydrogen) atoms. The van der Waals surface area contributed by atoms with E-state index in [1.807, 2.05) is 12.1 Å². The highest BCUT2D eigenvalue weighted by Crippen LogP contribution is 2.58. The van der Waals surface area contributed by atoms with Crippen LogP contribution in [0.2, 0.25) is 0 Å². The van der Waals surface area contributed by atoms with E-state index in [0.717, 1.165) is 24.3 Å². The van der Waals surface area contributed by atoms with E-state index in [0.29, 0.717) is 53.3 Å². The van der Waals surface area contributed by atoms with Crippen molar-refractivity contribution in [2.75, 3.05) is 23.3 Å². The summed E-state index contributed by atoms with van der Waals surface area (Å²) >= 11 is 0. The van der Waals surface area contributed by atoms with Gasteiger partial charge >= 0.3 is 6.01 Å². The van der Waals surface area contributed by atoms with Gasteiger partial charge in [-0.1, -0.05) is 17.2 Å². The predicted molar refractivity (Wildman–Crippen MR) is 112 cm³/mol. The van der Waals surface area contributed by atoms with Gasteiger partial charge in [0.15, 0.2) is 0 Å². The molecule has 158 valence electrons. The van der Waals surface area contributed by atoms with E-state index in [-0.39, 0.29) is 0 Å². The smallest absolute Gasteiger partial charge is 0.318 e. The van der Waals surface area contributed by atoms with E-state index in [1.54, 1.807) is 30.7 Å². The van der Waals surface area contributed by atoms with Gasteiger partial charge in [-0.25, -0.2) is 9.97 Å². The van der Waals surface area contributed by atoms with E-state index < -0.39 is 0 Å². The summed E-state index contributed by atoms with van der Waals surface area (Å²) in [6, 6.07) is 10.00. The monoisotopic (exact) mass is 426 g/mol. The Bertz CT molecular complexity index is 1250. The summed E-state index contributed by atoms with van der Waals surface area (Å²) in [7, 11) is 0. The van der Waals surface area contributed by atoms with Gasteiger partial charge in [-0.05, 0) is 29.5 Å². The highest BCUT2D eigenvalue weighted by molar-refractivity contribution is 5.52. The number of anilines is 2. The van der Waals surface area contributed by atoms with E-state index >= 15 is 0 Å². The van der Waals surface area contributed by atoms with Gasteiger partial charge < -0.3 is 14.6 Å². The van der Waals surface area contributed by atoms with Crippen LogP contribution in [0.5, 0.6) is 0 Å². The first kappa shape index (κ1) is 18.4. The molecule has 4 aromatic rings. The second-order valence-electron chi connectivity index (χ2n) is 8.00. The van der Waals surface area contributed by atoms with Gasteiger partial charge in [-0.3, -0.25) is 0 Å². The van der Waals surface area contributed by atoms with Gasteiger partial charge in [0.25, 0.3) is 5.89 Å². The Morgan fingerprint density at radius 3 is 2.56 bits per heavy atom. The molecule has 2 fully saturated rings. The topological polar surface area (TPSA) is 145 Å². The Labute approximate surface area is 182 Å². The maximum atomic E-state index is 8.87. The second kappa shape index (κ2) is 7.42. The number of nitrogens with zero attached hydrogens (tertiary/aromatic N) is 8. The molecule has 4 heterocycles. The summed E-state index contributed by atoms with van der Waals surface area (Å²) in [5.41, 5.74) is 3.37. The second-order valence-corrected chi connectivity index (χ2v) is 8.00. The average Bonchev–Trinajstić information content (AvgIpc) is 3.38. The third kappa shape index (κ3) is 3.31. The highest BCUT2D eigenvalue weighted by atomic mass is 16.4. The number of aromatic amines is 1. The fourth-order valence-electron chi connectivity index (χ4n) is 4.36. The van der Waals surface area contributed by atoms with Crippen molar-refractivity contribution in [1.29, 1.82) is 5.26 Å². The van der Waals surface area contributed by atoms with Gasteiger partial charge in [0.1, 0.15) is 0 Å². The van der Waals surface area contributed by atoms with Crippen molar-refractivity contribution < 1.29 is 4.42 Å². The molecule has 1 aliphatic carbocycles. The van der Waals surface area contributed by atoms with Crippen molar-refractivity contribution >= 4 is 12.0 Å². The van der Waals surface area contributed by atoms with Gasteiger partial charge in [-0.2, -0.15) is 20.7 Å². The van der Waals surface area contributed by atoms with Gasteiger partial charge in [-0.15, -0.1) is 5.10 Å². The van der Waals surface area contributed by atoms with Crippen molar-refractivity contribution in [1.82, 2.24) is 35.6 Å². The molecular formula is C21H18N10O. The molecule has 0 amide bonds. The van der Waals surface area contributed by atoms with Gasteiger partial charge in [0, 0.05) is 37.9 Å². The minimum atomic E-state index is 0.396. The fraction of sp³-hybridized carbons (Fsp3) is 0.286. The summed E-state index contributed by atoms with van der Waals surface area (Å²) in [6.45, 7) is 2.31. The molecule has 3 aromatic heterocycles. The lowest BCUT2D eigenvalue weighted by atomic mass is 10.1. The number of aromatic nitrogens is 7. The van der Waals surface area contributed by atoms with Gasteiger partial charge in [0.2, 0.25) is 5.95 Å². The molecule has 1 aliphatic heterocycles. The van der Waals surface area contributed by atoms with E-state index in [9.17, 15) is 0 Å². The van der Waals surface area contributed by atoms with Crippen LogP contribution in [-0.2, 0) is 6.54 Å². The Morgan fingerprint density at radius 1 is 1.09 bits per heavy atom. The molecule has 6 rings (SSSR count). The summed E-state index contributed by atoms with van der Waals surface area (Å²) in [6.07, 6.45) is 5.13. The first-order valence-corrected chi connectivity index (χ1v) is 10.3. The van der Waals surface area contributed by atoms with Crippen molar-refractivity contribution in [2.45, 2.75) is 12.5 Å². The molecule has 0 radical (unpaired) electrons. The lowest BCUT2D eigenvalue weighted by molar-refractivity contribution is 0.543. The Hall–Kier alpha value is -4.33. The molecule has 1 saturated heterocycles. The van der Waals surface area contributed by atoms with Crippen LogP contribution in [0.15, 0.2) is 47.3 Å². The van der Waals surface area contributed by atoms with Crippen LogP contribution in [-0.4, -0.2) is 48.7 Å². The standard InChI is InChI=1S/C21H18N10O/c22-5-12-1-3-13(4-2-12)6-23-20-24-7-14(8-25-20)19-28-29-21(32-19)31-10-15-16(11-31)18(15)17-9-26-30-27-17/h1-4,7-9,15-16,18H,6,10-11H2,(H,23,24,25)(H,26,27,30). The maximum Gasteiger partial charge on any atom is 0.318 e. The zero-order valence-electron chi connectivity index (χ0n) is 16.9. The highest BCUT2D eigenvalue weighted by Gasteiger charge is 2.58. The number of rotatable bonds is 6. The number of H-pyrrole nitrogens is 1. The molecule has 11 nitrogen and oxygen atoms in total. The molecule has 0 spiro atoms. The van der Waals surface area contributed by atoms with Crippen LogP contribution in [0.25, 0.3) is 11.5 Å². The Kier molecular flexibility index (Phi) is 4.28. The molecule has 1 aromatic carbocycles. The number of hydrogen-bond donors (Lipinski definition) is 2. The van der Waals surface area contributed by atoms with Crippen LogP contribution < -0.4 is 10.2 Å². The summed E-state index contributed by atoms with van der Waals surface area (Å²) in [5, 5.41) is 31.2. The molecule has 0 bridgehead atoms. The Balaban J connectivity index is 1.06. The minimum absolute atomic E-state index is 0.396. The Morgan fingerprint density at radius 2 is 1.88 bits per heavy atom. The summed E-state index contributed by atoms with van der Waals surface area (Å²) < 4.78 is 5.88. The first-order chi connectivity index (χ1) is 15.8. The molecule has 2 N–H and O–H groups in total. The maximum absolute atomic E-state index is 8.87. The normalized spacial score (nSPS) is 21.2. The molecule has 1 saturated carbocycles. The lowest BCUT2D eigenvalue weighted by Gasteiger charge is -2.15. The summed E-state index contributed by atoms with van der Waals surface area (Å²) in [4.78, 5) is 10.8. The van der Waals surface area contributed by atoms with Crippen LogP contribution in [0, 0.1) is 23.2 Å². The fourth-order valence-corrected chi connectivity index (χ4v) is 4.36. The van der Waals surface area contributed by atoms with E-state index in [1.165, 1.54) is 0 Å². The molecule has 11 heteroatoms. The number of nitriles is 1. The molecular weight excluding hydrogens is 408 g/mol. The van der Waals surface area contributed by atoms with Crippen LogP contribution in [0.3, 0.4) is 0 Å². The van der Waals surface area contributed by atoms with Crippen molar-refractivity contribution in [3.8, 4) is 17.5 Å². The third-order valence-electron chi connectivity index (χ3n) is 6.09. The minimum Gasteiger partial charge on any atom is -0.403 e. The largest absolute Gasteiger partial charge is 0.403 e. The lowest BCUT2D eigenvalue weighted by Crippen LogP contribution is -2.23. The number of benzene rings is 1. The number of piperidine rings is 1.